The summed E-state index contributed by atoms with van der Waals surface area (Å²) in [5, 5.41) is 1.03. The number of aryl methyl sites for hydroxylation is 1. The fourth-order valence-electron chi connectivity index (χ4n) is 2.57. The number of carbonyl (C=O) groups excluding carboxylic acids is 1. The van der Waals surface area contributed by atoms with Crippen molar-refractivity contribution in [3.8, 4) is 0 Å². The number of nitrogens with zero attached hydrogens (tertiary/aromatic N) is 2. The third kappa shape index (κ3) is 2.64. The lowest BCUT2D eigenvalue weighted by molar-refractivity contribution is 0.0992. The number of anilines is 1. The summed E-state index contributed by atoms with van der Waals surface area (Å²) in [7, 11) is 0. The standard InChI is InChI=1S/C16H17BrN2OS/c1-9(2)15-18-10(3)14(21-15)16(20)19-7-6-11-8-12(17)4-5-13(11)19/h4-5,8-9H,6-7H2,1-3H3. The molecule has 2 aromatic rings. The summed E-state index contributed by atoms with van der Waals surface area (Å²) >= 11 is 5.02. The van der Waals surface area contributed by atoms with Gasteiger partial charge in [-0.2, -0.15) is 0 Å². The van der Waals surface area contributed by atoms with Crippen molar-refractivity contribution in [2.75, 3.05) is 11.4 Å². The van der Waals surface area contributed by atoms with Crippen molar-refractivity contribution in [3.63, 3.8) is 0 Å². The van der Waals surface area contributed by atoms with Gasteiger partial charge in [0.25, 0.3) is 5.91 Å². The minimum atomic E-state index is 0.0815. The van der Waals surface area contributed by atoms with Crippen molar-refractivity contribution < 1.29 is 4.79 Å². The van der Waals surface area contributed by atoms with Gasteiger partial charge in [0, 0.05) is 22.6 Å². The molecule has 0 aliphatic carbocycles. The Kier molecular flexibility index (Phi) is 3.88. The van der Waals surface area contributed by atoms with Crippen LogP contribution < -0.4 is 4.90 Å². The van der Waals surface area contributed by atoms with E-state index in [2.05, 4.69) is 40.8 Å². The second-order valence-electron chi connectivity index (χ2n) is 5.60. The molecule has 0 unspecified atom stereocenters. The first-order chi connectivity index (χ1) is 9.97. The lowest BCUT2D eigenvalue weighted by Crippen LogP contribution is -2.28. The number of fused-ring (bicyclic) bond motifs is 1. The van der Waals surface area contributed by atoms with E-state index in [-0.39, 0.29) is 5.91 Å². The third-order valence-electron chi connectivity index (χ3n) is 3.68. The molecule has 0 saturated carbocycles. The van der Waals surface area contributed by atoms with Crippen LogP contribution in [0, 0.1) is 6.92 Å². The van der Waals surface area contributed by atoms with Crippen molar-refractivity contribution >= 4 is 38.9 Å². The van der Waals surface area contributed by atoms with Gasteiger partial charge in [0.05, 0.1) is 10.7 Å². The summed E-state index contributed by atoms with van der Waals surface area (Å²) < 4.78 is 1.06. The minimum absolute atomic E-state index is 0.0815. The molecule has 1 aromatic carbocycles. The number of rotatable bonds is 2. The number of aromatic nitrogens is 1. The molecule has 0 fully saturated rings. The van der Waals surface area contributed by atoms with Gasteiger partial charge in [0.1, 0.15) is 4.88 Å². The molecule has 0 N–H and O–H groups in total. The maximum absolute atomic E-state index is 12.8. The average Bonchev–Trinajstić information content (AvgIpc) is 3.01. The molecule has 0 bridgehead atoms. The maximum atomic E-state index is 12.8. The van der Waals surface area contributed by atoms with E-state index in [1.54, 1.807) is 0 Å². The monoisotopic (exact) mass is 364 g/mol. The van der Waals surface area contributed by atoms with Crippen LogP contribution in [0.4, 0.5) is 5.69 Å². The van der Waals surface area contributed by atoms with Gasteiger partial charge in [-0.15, -0.1) is 11.3 Å². The SMILES string of the molecule is Cc1nc(C(C)C)sc1C(=O)N1CCc2cc(Br)ccc21. The first-order valence-corrected chi connectivity index (χ1v) is 8.66. The zero-order valence-corrected chi connectivity index (χ0v) is 14.7. The second-order valence-corrected chi connectivity index (χ2v) is 7.55. The van der Waals surface area contributed by atoms with Gasteiger partial charge in [0.2, 0.25) is 0 Å². The van der Waals surface area contributed by atoms with E-state index in [9.17, 15) is 4.79 Å². The van der Waals surface area contributed by atoms with Gasteiger partial charge >= 0.3 is 0 Å². The molecule has 1 amide bonds. The third-order valence-corrected chi connectivity index (χ3v) is 5.62. The zero-order valence-electron chi connectivity index (χ0n) is 12.3. The molecule has 0 atom stereocenters. The molecule has 0 radical (unpaired) electrons. The highest BCUT2D eigenvalue weighted by atomic mass is 79.9. The quantitative estimate of drug-likeness (QED) is 0.783. The number of hydrogen-bond acceptors (Lipinski definition) is 3. The van der Waals surface area contributed by atoms with Gasteiger partial charge in [-0.25, -0.2) is 4.98 Å². The Balaban J connectivity index is 1.94. The molecule has 110 valence electrons. The lowest BCUT2D eigenvalue weighted by Gasteiger charge is -2.16. The van der Waals surface area contributed by atoms with Crippen LogP contribution in [0.3, 0.4) is 0 Å². The van der Waals surface area contributed by atoms with Gasteiger partial charge in [-0.1, -0.05) is 29.8 Å². The summed E-state index contributed by atoms with van der Waals surface area (Å²) in [5.41, 5.74) is 3.10. The lowest BCUT2D eigenvalue weighted by atomic mass is 10.2. The Morgan fingerprint density at radius 2 is 2.19 bits per heavy atom. The molecule has 1 aromatic heterocycles. The molecular formula is C16H17BrN2OS. The van der Waals surface area contributed by atoms with E-state index in [0.29, 0.717) is 5.92 Å². The molecule has 1 aliphatic heterocycles. The highest BCUT2D eigenvalue weighted by molar-refractivity contribution is 9.10. The predicted octanol–water partition coefficient (Wildman–Crippen LogP) is 4.54. The number of halogens is 1. The van der Waals surface area contributed by atoms with Crippen LogP contribution in [0.2, 0.25) is 0 Å². The largest absolute Gasteiger partial charge is 0.307 e. The van der Waals surface area contributed by atoms with Gasteiger partial charge in [-0.3, -0.25) is 4.79 Å². The molecule has 0 spiro atoms. The van der Waals surface area contributed by atoms with Crippen molar-refractivity contribution in [2.24, 2.45) is 0 Å². The van der Waals surface area contributed by atoms with E-state index in [1.165, 1.54) is 16.9 Å². The molecule has 5 heteroatoms. The van der Waals surface area contributed by atoms with Crippen LogP contribution in [0.25, 0.3) is 0 Å². The Morgan fingerprint density at radius 3 is 2.86 bits per heavy atom. The van der Waals surface area contributed by atoms with Gasteiger partial charge in [0.15, 0.2) is 0 Å². The van der Waals surface area contributed by atoms with Crippen molar-refractivity contribution in [2.45, 2.75) is 33.1 Å². The molecule has 3 nitrogen and oxygen atoms in total. The Morgan fingerprint density at radius 1 is 1.43 bits per heavy atom. The normalized spacial score (nSPS) is 13.9. The zero-order chi connectivity index (χ0) is 15.1. The van der Waals surface area contributed by atoms with Gasteiger partial charge < -0.3 is 4.90 Å². The van der Waals surface area contributed by atoms with Crippen LogP contribution in [0.15, 0.2) is 22.7 Å². The second kappa shape index (κ2) is 5.54. The summed E-state index contributed by atoms with van der Waals surface area (Å²) in [6, 6.07) is 6.11. The smallest absolute Gasteiger partial charge is 0.270 e. The number of benzene rings is 1. The van der Waals surface area contributed by atoms with E-state index >= 15 is 0 Å². The summed E-state index contributed by atoms with van der Waals surface area (Å²) in [6.45, 7) is 6.89. The number of amides is 1. The van der Waals surface area contributed by atoms with Crippen LogP contribution in [0.1, 0.15) is 45.7 Å². The topological polar surface area (TPSA) is 33.2 Å². The Bertz CT molecular complexity index is 708. The summed E-state index contributed by atoms with van der Waals surface area (Å²) in [5.74, 6) is 0.440. The molecular weight excluding hydrogens is 348 g/mol. The van der Waals surface area contributed by atoms with Crippen molar-refractivity contribution in [3.05, 3.63) is 43.8 Å². The predicted molar refractivity (Wildman–Crippen MR) is 90.5 cm³/mol. The van der Waals surface area contributed by atoms with E-state index in [4.69, 9.17) is 0 Å². The fourth-order valence-corrected chi connectivity index (χ4v) is 3.99. The van der Waals surface area contributed by atoms with Crippen LogP contribution in [0.5, 0.6) is 0 Å². The minimum Gasteiger partial charge on any atom is -0.307 e. The Hall–Kier alpha value is -1.20. The van der Waals surface area contributed by atoms with Crippen LogP contribution in [-0.2, 0) is 6.42 Å². The molecule has 2 heterocycles. The van der Waals surface area contributed by atoms with E-state index in [1.807, 2.05) is 24.0 Å². The first-order valence-electron chi connectivity index (χ1n) is 7.05. The number of hydrogen-bond donors (Lipinski definition) is 0. The first kappa shape index (κ1) is 14.7. The fraction of sp³-hybridized carbons (Fsp3) is 0.375. The maximum Gasteiger partial charge on any atom is 0.270 e. The molecule has 3 rings (SSSR count). The van der Waals surface area contributed by atoms with Gasteiger partial charge in [-0.05, 0) is 37.1 Å². The molecule has 1 aliphatic rings. The summed E-state index contributed by atoms with van der Waals surface area (Å²) in [4.78, 5) is 20.0. The highest BCUT2D eigenvalue weighted by Crippen LogP contribution is 2.33. The van der Waals surface area contributed by atoms with E-state index in [0.717, 1.165) is 38.7 Å². The molecule has 0 saturated heterocycles. The van der Waals surface area contributed by atoms with E-state index < -0.39 is 0 Å². The average molecular weight is 365 g/mol. The number of carbonyl (C=O) groups is 1. The van der Waals surface area contributed by atoms with Crippen LogP contribution in [-0.4, -0.2) is 17.4 Å². The Labute approximate surface area is 137 Å². The number of thiazole rings is 1. The molecule has 21 heavy (non-hydrogen) atoms. The van der Waals surface area contributed by atoms with Crippen LogP contribution >= 0.6 is 27.3 Å². The van der Waals surface area contributed by atoms with Crippen molar-refractivity contribution in [1.82, 2.24) is 4.98 Å². The highest BCUT2D eigenvalue weighted by Gasteiger charge is 2.28. The van der Waals surface area contributed by atoms with Crippen molar-refractivity contribution in [1.29, 1.82) is 0 Å². The summed E-state index contributed by atoms with van der Waals surface area (Å²) in [6.07, 6.45) is 0.912.